The highest BCUT2D eigenvalue weighted by atomic mass is 14.7. The molecule has 0 amide bonds. The van der Waals surface area contributed by atoms with Gasteiger partial charge in [0.1, 0.15) is 0 Å². The second-order valence-corrected chi connectivity index (χ2v) is 2.52. The number of hydrogen-bond donors (Lipinski definition) is 2. The normalized spacial score (nSPS) is 12.0. The monoisotopic (exact) mass is 162 g/mol. The number of rotatable bonds is 2. The Morgan fingerprint density at radius 1 is 1.58 bits per heavy atom. The highest BCUT2D eigenvalue weighted by Crippen LogP contribution is 2.13. The zero-order chi connectivity index (χ0) is 8.97. The van der Waals surface area contributed by atoms with Crippen LogP contribution in [0.4, 0.5) is 5.69 Å². The van der Waals surface area contributed by atoms with Crippen LogP contribution in [-0.2, 0) is 0 Å². The molecule has 4 nitrogen and oxygen atoms in total. The lowest BCUT2D eigenvalue weighted by Crippen LogP contribution is -2.09. The molecule has 0 unspecified atom stereocenters. The second kappa shape index (κ2) is 3.69. The molecular weight excluding hydrogens is 152 g/mol. The predicted octanol–water partition coefficient (Wildman–Crippen LogP) is 0.577. The summed E-state index contributed by atoms with van der Waals surface area (Å²) >= 11 is 0. The van der Waals surface area contributed by atoms with Crippen LogP contribution in [0.25, 0.3) is 0 Å². The Balaban J connectivity index is 2.82. The fraction of sp³-hybridized carbons (Fsp3) is 0.250. The van der Waals surface area contributed by atoms with Crippen molar-refractivity contribution < 1.29 is 0 Å². The minimum absolute atomic E-state index is 0.283. The molecule has 12 heavy (non-hydrogen) atoms. The average Bonchev–Trinajstić information content (AvgIpc) is 2.05. The molecule has 4 N–H and O–H groups in total. The minimum Gasteiger partial charge on any atom is -0.397 e. The number of nitrogens with two attached hydrogens (primary N) is 2. The molecule has 4 heteroatoms. The smallest absolute Gasteiger partial charge is 0.0641 e. The van der Waals surface area contributed by atoms with Gasteiger partial charge in [-0.25, -0.2) is 0 Å². The summed E-state index contributed by atoms with van der Waals surface area (Å²) in [6, 6.07) is 3.44. The van der Waals surface area contributed by atoms with E-state index < -0.39 is 0 Å². The summed E-state index contributed by atoms with van der Waals surface area (Å²) in [5.74, 6) is 0. The molecule has 0 bridgehead atoms. The van der Waals surface area contributed by atoms with Gasteiger partial charge < -0.3 is 11.5 Å². The summed E-state index contributed by atoms with van der Waals surface area (Å²) in [6.45, 7) is 0. The number of aromatic nitrogens is 1. The number of nitrogen functional groups attached to an aromatic ring is 1. The van der Waals surface area contributed by atoms with Crippen molar-refractivity contribution >= 4 is 5.69 Å². The molecule has 0 saturated carbocycles. The highest BCUT2D eigenvalue weighted by Gasteiger charge is 2.04. The Morgan fingerprint density at radius 2 is 2.33 bits per heavy atom. The molecule has 0 radical (unpaired) electrons. The number of anilines is 1. The maximum atomic E-state index is 8.39. The average molecular weight is 162 g/mol. The summed E-state index contributed by atoms with van der Waals surface area (Å²) in [4.78, 5) is 3.87. The second-order valence-electron chi connectivity index (χ2n) is 2.52. The molecule has 62 valence electrons. The summed E-state index contributed by atoms with van der Waals surface area (Å²) in [5.41, 5.74) is 12.5. The molecule has 0 saturated heterocycles. The van der Waals surface area contributed by atoms with Crippen molar-refractivity contribution in [2.75, 3.05) is 5.73 Å². The third kappa shape index (κ3) is 1.94. The van der Waals surface area contributed by atoms with Gasteiger partial charge in [0, 0.05) is 18.4 Å². The fourth-order valence-corrected chi connectivity index (χ4v) is 0.895. The lowest BCUT2D eigenvalue weighted by Gasteiger charge is -2.06. The zero-order valence-corrected chi connectivity index (χ0v) is 6.57. The SMILES string of the molecule is N#CC[C@@H](N)c1cncc(N)c1. The Hall–Kier alpha value is -1.60. The van der Waals surface area contributed by atoms with Crippen LogP contribution in [-0.4, -0.2) is 4.98 Å². The number of hydrogen-bond acceptors (Lipinski definition) is 4. The van der Waals surface area contributed by atoms with Crippen molar-refractivity contribution in [1.82, 2.24) is 4.98 Å². The molecule has 1 heterocycles. The van der Waals surface area contributed by atoms with E-state index in [9.17, 15) is 0 Å². The van der Waals surface area contributed by atoms with E-state index in [0.717, 1.165) is 5.56 Å². The van der Waals surface area contributed by atoms with Crippen molar-refractivity contribution in [2.24, 2.45) is 5.73 Å². The molecule has 0 aliphatic heterocycles. The van der Waals surface area contributed by atoms with Gasteiger partial charge in [-0.05, 0) is 11.6 Å². The van der Waals surface area contributed by atoms with E-state index in [2.05, 4.69) is 4.98 Å². The van der Waals surface area contributed by atoms with Crippen LogP contribution >= 0.6 is 0 Å². The lowest BCUT2D eigenvalue weighted by molar-refractivity contribution is 0.744. The molecule has 0 aliphatic rings. The Morgan fingerprint density at radius 3 is 2.92 bits per heavy atom. The summed E-state index contributed by atoms with van der Waals surface area (Å²) in [5, 5.41) is 8.39. The molecule has 0 spiro atoms. The first-order valence-electron chi connectivity index (χ1n) is 3.57. The van der Waals surface area contributed by atoms with Crippen LogP contribution in [0.2, 0.25) is 0 Å². The first kappa shape index (κ1) is 8.50. The van der Waals surface area contributed by atoms with Crippen molar-refractivity contribution in [2.45, 2.75) is 12.5 Å². The molecule has 1 atom stereocenters. The van der Waals surface area contributed by atoms with Gasteiger partial charge in [-0.2, -0.15) is 5.26 Å². The number of nitrogens with zero attached hydrogens (tertiary/aromatic N) is 2. The van der Waals surface area contributed by atoms with E-state index in [0.29, 0.717) is 5.69 Å². The highest BCUT2D eigenvalue weighted by molar-refractivity contribution is 5.38. The lowest BCUT2D eigenvalue weighted by atomic mass is 10.1. The first-order chi connectivity index (χ1) is 5.74. The predicted molar refractivity (Wildman–Crippen MR) is 45.8 cm³/mol. The van der Waals surface area contributed by atoms with Gasteiger partial charge in [0.15, 0.2) is 0 Å². The largest absolute Gasteiger partial charge is 0.397 e. The van der Waals surface area contributed by atoms with E-state index in [-0.39, 0.29) is 12.5 Å². The van der Waals surface area contributed by atoms with Crippen LogP contribution in [0.5, 0.6) is 0 Å². The van der Waals surface area contributed by atoms with Gasteiger partial charge in [-0.1, -0.05) is 0 Å². The van der Waals surface area contributed by atoms with E-state index >= 15 is 0 Å². The van der Waals surface area contributed by atoms with Crippen LogP contribution in [0, 0.1) is 11.3 Å². The van der Waals surface area contributed by atoms with E-state index in [1.807, 2.05) is 6.07 Å². The topological polar surface area (TPSA) is 88.7 Å². The maximum Gasteiger partial charge on any atom is 0.0641 e. The van der Waals surface area contributed by atoms with E-state index in [4.69, 9.17) is 16.7 Å². The van der Waals surface area contributed by atoms with Crippen molar-refractivity contribution in [3.8, 4) is 6.07 Å². The molecule has 0 aromatic carbocycles. The quantitative estimate of drug-likeness (QED) is 0.665. The van der Waals surface area contributed by atoms with Crippen LogP contribution in [0.15, 0.2) is 18.5 Å². The third-order valence-corrected chi connectivity index (χ3v) is 1.52. The van der Waals surface area contributed by atoms with Crippen molar-refractivity contribution in [1.29, 1.82) is 5.26 Å². The minimum atomic E-state index is -0.286. The zero-order valence-electron chi connectivity index (χ0n) is 6.57. The molecule has 1 aromatic heterocycles. The summed E-state index contributed by atoms with van der Waals surface area (Å²) < 4.78 is 0. The standard InChI is InChI=1S/C8H10N4/c9-2-1-8(11)6-3-7(10)5-12-4-6/h3-5,8H,1,10-11H2/t8-/m1/s1. The summed E-state index contributed by atoms with van der Waals surface area (Å²) in [7, 11) is 0. The Labute approximate surface area is 70.8 Å². The first-order valence-corrected chi connectivity index (χ1v) is 3.57. The number of nitriles is 1. The third-order valence-electron chi connectivity index (χ3n) is 1.52. The van der Waals surface area contributed by atoms with E-state index in [1.54, 1.807) is 18.5 Å². The van der Waals surface area contributed by atoms with Gasteiger partial charge in [-0.3, -0.25) is 4.98 Å². The van der Waals surface area contributed by atoms with Gasteiger partial charge >= 0.3 is 0 Å². The summed E-state index contributed by atoms with van der Waals surface area (Å²) in [6.07, 6.45) is 3.45. The molecule has 1 rings (SSSR count). The molecule has 1 aromatic rings. The van der Waals surface area contributed by atoms with Crippen LogP contribution < -0.4 is 11.5 Å². The van der Waals surface area contributed by atoms with Crippen molar-refractivity contribution in [3.63, 3.8) is 0 Å². The molecule has 0 aliphatic carbocycles. The number of pyridine rings is 1. The van der Waals surface area contributed by atoms with E-state index in [1.165, 1.54) is 0 Å². The van der Waals surface area contributed by atoms with Gasteiger partial charge in [0.05, 0.1) is 18.2 Å². The van der Waals surface area contributed by atoms with Gasteiger partial charge in [-0.15, -0.1) is 0 Å². The molecular formula is C8H10N4. The Bertz CT molecular complexity index is 302. The van der Waals surface area contributed by atoms with Gasteiger partial charge in [0.25, 0.3) is 0 Å². The van der Waals surface area contributed by atoms with Gasteiger partial charge in [0.2, 0.25) is 0 Å². The van der Waals surface area contributed by atoms with Crippen molar-refractivity contribution in [3.05, 3.63) is 24.0 Å². The molecule has 0 fully saturated rings. The Kier molecular flexibility index (Phi) is 2.62. The van der Waals surface area contributed by atoms with Crippen LogP contribution in [0.1, 0.15) is 18.0 Å². The van der Waals surface area contributed by atoms with Crippen LogP contribution in [0.3, 0.4) is 0 Å². The maximum absolute atomic E-state index is 8.39. The fourth-order valence-electron chi connectivity index (χ4n) is 0.895.